The number of aliphatic hydroxyl groups excluding tert-OH is 1. The van der Waals surface area contributed by atoms with Crippen LogP contribution in [0.25, 0.3) is 0 Å². The third-order valence-corrected chi connectivity index (χ3v) is 3.50. The maximum atomic E-state index is 12.7. The molecule has 1 aromatic rings. The fourth-order valence-electron chi connectivity index (χ4n) is 2.24. The average Bonchev–Trinajstić information content (AvgIpc) is 2.71. The van der Waals surface area contributed by atoms with Gasteiger partial charge in [-0.3, -0.25) is 9.47 Å². The molecule has 0 bridgehead atoms. The predicted molar refractivity (Wildman–Crippen MR) is 63.2 cm³/mol. The second-order valence-electron chi connectivity index (χ2n) is 4.66. The number of aromatic nitrogens is 2. The third-order valence-electron chi connectivity index (χ3n) is 3.50. The quantitative estimate of drug-likeness (QED) is 0.814. The van der Waals surface area contributed by atoms with Crippen LogP contribution in [0.15, 0.2) is 12.4 Å². The van der Waals surface area contributed by atoms with Crippen molar-refractivity contribution in [3.05, 3.63) is 18.2 Å². The minimum Gasteiger partial charge on any atom is -0.396 e. The molecule has 0 unspecified atom stereocenters. The van der Waals surface area contributed by atoms with E-state index < -0.39 is 6.55 Å². The number of aliphatic hydroxyl groups is 1. The number of halogens is 2. The van der Waals surface area contributed by atoms with Crippen molar-refractivity contribution in [1.82, 2.24) is 14.5 Å². The van der Waals surface area contributed by atoms with Gasteiger partial charge in [-0.1, -0.05) is 6.42 Å². The average molecular weight is 259 g/mol. The van der Waals surface area contributed by atoms with E-state index >= 15 is 0 Å². The van der Waals surface area contributed by atoms with Gasteiger partial charge in [0.05, 0.1) is 6.54 Å². The van der Waals surface area contributed by atoms with Crippen LogP contribution in [0.4, 0.5) is 8.78 Å². The van der Waals surface area contributed by atoms with E-state index in [-0.39, 0.29) is 6.61 Å². The Labute approximate surface area is 105 Å². The van der Waals surface area contributed by atoms with Gasteiger partial charge in [0.2, 0.25) is 0 Å². The zero-order valence-corrected chi connectivity index (χ0v) is 10.3. The second kappa shape index (κ2) is 6.24. The SMILES string of the molecule is OCCCN(Cc1nccn1C(F)F)C1CCC1. The summed E-state index contributed by atoms with van der Waals surface area (Å²) < 4.78 is 26.4. The molecule has 0 aromatic carbocycles. The van der Waals surface area contributed by atoms with E-state index in [9.17, 15) is 8.78 Å². The first-order chi connectivity index (χ1) is 8.72. The van der Waals surface area contributed by atoms with Crippen LogP contribution in [-0.2, 0) is 6.54 Å². The van der Waals surface area contributed by atoms with E-state index in [0.29, 0.717) is 24.8 Å². The molecule has 1 N–H and O–H groups in total. The number of rotatable bonds is 7. The molecule has 1 heterocycles. The summed E-state index contributed by atoms with van der Waals surface area (Å²) in [7, 11) is 0. The van der Waals surface area contributed by atoms with E-state index in [0.717, 1.165) is 24.0 Å². The smallest absolute Gasteiger partial charge is 0.319 e. The van der Waals surface area contributed by atoms with E-state index in [1.54, 1.807) is 0 Å². The number of hydrogen-bond donors (Lipinski definition) is 1. The molecule has 1 fully saturated rings. The number of hydrogen-bond acceptors (Lipinski definition) is 3. The fraction of sp³-hybridized carbons (Fsp3) is 0.750. The summed E-state index contributed by atoms with van der Waals surface area (Å²) in [5.41, 5.74) is 0. The topological polar surface area (TPSA) is 41.3 Å². The molecular formula is C12H19F2N3O. The van der Waals surface area contributed by atoms with Gasteiger partial charge in [0.15, 0.2) is 0 Å². The van der Waals surface area contributed by atoms with Crippen LogP contribution in [0.2, 0.25) is 0 Å². The molecule has 1 aliphatic rings. The van der Waals surface area contributed by atoms with Crippen LogP contribution < -0.4 is 0 Å². The molecule has 2 rings (SSSR count). The Morgan fingerprint density at radius 1 is 1.50 bits per heavy atom. The molecule has 4 nitrogen and oxygen atoms in total. The van der Waals surface area contributed by atoms with Crippen molar-refractivity contribution in [2.24, 2.45) is 0 Å². The van der Waals surface area contributed by atoms with Crippen LogP contribution in [-0.4, -0.2) is 38.8 Å². The first-order valence-electron chi connectivity index (χ1n) is 6.37. The van der Waals surface area contributed by atoms with E-state index in [1.165, 1.54) is 18.8 Å². The fourth-order valence-corrected chi connectivity index (χ4v) is 2.24. The standard InChI is InChI=1S/C12H19F2N3O/c13-12(14)17-7-5-15-11(17)9-16(6-2-8-18)10-3-1-4-10/h5,7,10,12,18H,1-4,6,8-9H2. The van der Waals surface area contributed by atoms with Crippen molar-refractivity contribution in [2.75, 3.05) is 13.2 Å². The molecule has 0 amide bonds. The van der Waals surface area contributed by atoms with Crippen LogP contribution in [0.1, 0.15) is 38.1 Å². The lowest BCUT2D eigenvalue weighted by molar-refractivity contribution is 0.0567. The Kier molecular flexibility index (Phi) is 4.66. The van der Waals surface area contributed by atoms with Crippen LogP contribution >= 0.6 is 0 Å². The van der Waals surface area contributed by atoms with Gasteiger partial charge in [0.1, 0.15) is 5.82 Å². The Bertz CT molecular complexity index is 366. The van der Waals surface area contributed by atoms with Gasteiger partial charge in [-0.2, -0.15) is 8.78 Å². The van der Waals surface area contributed by atoms with Crippen molar-refractivity contribution in [3.8, 4) is 0 Å². The first kappa shape index (κ1) is 13.4. The van der Waals surface area contributed by atoms with Crippen LogP contribution in [0.5, 0.6) is 0 Å². The van der Waals surface area contributed by atoms with Crippen molar-refractivity contribution >= 4 is 0 Å². The van der Waals surface area contributed by atoms with Gasteiger partial charge in [0.25, 0.3) is 0 Å². The first-order valence-corrected chi connectivity index (χ1v) is 6.37. The monoisotopic (exact) mass is 259 g/mol. The molecule has 6 heteroatoms. The molecule has 1 aliphatic carbocycles. The molecule has 1 aromatic heterocycles. The molecule has 0 atom stereocenters. The lowest BCUT2D eigenvalue weighted by Crippen LogP contribution is -2.41. The van der Waals surface area contributed by atoms with Crippen molar-refractivity contribution in [3.63, 3.8) is 0 Å². The van der Waals surface area contributed by atoms with E-state index in [4.69, 9.17) is 5.11 Å². The number of nitrogens with zero attached hydrogens (tertiary/aromatic N) is 3. The Hall–Kier alpha value is -1.01. The Balaban J connectivity index is 2.00. The summed E-state index contributed by atoms with van der Waals surface area (Å²) in [4.78, 5) is 6.16. The van der Waals surface area contributed by atoms with E-state index in [1.807, 2.05) is 0 Å². The highest BCUT2D eigenvalue weighted by atomic mass is 19.3. The highest BCUT2D eigenvalue weighted by Crippen LogP contribution is 2.26. The van der Waals surface area contributed by atoms with Gasteiger partial charge in [-0.15, -0.1) is 0 Å². The summed E-state index contributed by atoms with van der Waals surface area (Å²) in [5, 5.41) is 8.89. The zero-order chi connectivity index (χ0) is 13.0. The van der Waals surface area contributed by atoms with Crippen molar-refractivity contribution in [2.45, 2.75) is 44.8 Å². The predicted octanol–water partition coefficient (Wildman–Crippen LogP) is 2.02. The second-order valence-corrected chi connectivity index (χ2v) is 4.66. The molecule has 102 valence electrons. The largest absolute Gasteiger partial charge is 0.396 e. The summed E-state index contributed by atoms with van der Waals surface area (Å²) >= 11 is 0. The van der Waals surface area contributed by atoms with Gasteiger partial charge in [-0.05, 0) is 19.3 Å². The van der Waals surface area contributed by atoms with Gasteiger partial charge in [0, 0.05) is 31.6 Å². The minimum atomic E-state index is -2.54. The van der Waals surface area contributed by atoms with E-state index in [2.05, 4.69) is 9.88 Å². The van der Waals surface area contributed by atoms with Crippen molar-refractivity contribution in [1.29, 1.82) is 0 Å². The number of alkyl halides is 2. The minimum absolute atomic E-state index is 0.131. The summed E-state index contributed by atoms with van der Waals surface area (Å²) in [6, 6.07) is 0.458. The highest BCUT2D eigenvalue weighted by Gasteiger charge is 2.26. The Morgan fingerprint density at radius 3 is 2.83 bits per heavy atom. The molecule has 0 saturated heterocycles. The van der Waals surface area contributed by atoms with Crippen LogP contribution in [0.3, 0.4) is 0 Å². The van der Waals surface area contributed by atoms with Gasteiger partial charge in [-0.25, -0.2) is 4.98 Å². The summed E-state index contributed by atoms with van der Waals surface area (Å²) in [6.45, 7) is -1.24. The molecular weight excluding hydrogens is 240 g/mol. The lowest BCUT2D eigenvalue weighted by Gasteiger charge is -2.37. The van der Waals surface area contributed by atoms with Crippen LogP contribution in [0, 0.1) is 0 Å². The van der Waals surface area contributed by atoms with Gasteiger partial charge >= 0.3 is 6.55 Å². The Morgan fingerprint density at radius 2 is 2.28 bits per heavy atom. The zero-order valence-electron chi connectivity index (χ0n) is 10.3. The van der Waals surface area contributed by atoms with Crippen molar-refractivity contribution < 1.29 is 13.9 Å². The molecule has 18 heavy (non-hydrogen) atoms. The molecule has 0 aliphatic heterocycles. The molecule has 0 spiro atoms. The summed E-state index contributed by atoms with van der Waals surface area (Å²) in [5.74, 6) is 0.398. The maximum absolute atomic E-state index is 12.7. The highest BCUT2D eigenvalue weighted by molar-refractivity contribution is 4.94. The molecule has 0 radical (unpaired) electrons. The third kappa shape index (κ3) is 3.05. The number of imidazole rings is 1. The maximum Gasteiger partial charge on any atom is 0.319 e. The van der Waals surface area contributed by atoms with Gasteiger partial charge < -0.3 is 5.11 Å². The lowest BCUT2D eigenvalue weighted by atomic mass is 9.91. The molecule has 1 saturated carbocycles. The summed E-state index contributed by atoms with van der Waals surface area (Å²) in [6.07, 6.45) is 6.81. The normalized spacial score (nSPS) is 16.5.